The molecule has 1 aliphatic heterocycles. The van der Waals surface area contributed by atoms with Crippen molar-refractivity contribution in [1.29, 1.82) is 5.26 Å². The van der Waals surface area contributed by atoms with Gasteiger partial charge in [-0.1, -0.05) is 24.3 Å². The van der Waals surface area contributed by atoms with E-state index < -0.39 is 5.41 Å². The third-order valence-electron chi connectivity index (χ3n) is 3.23. The lowest BCUT2D eigenvalue weighted by atomic mass is 9.91. The molecule has 0 N–H and O–H groups in total. The van der Waals surface area contributed by atoms with Crippen LogP contribution in [0, 0.1) is 16.7 Å². The summed E-state index contributed by atoms with van der Waals surface area (Å²) in [7, 11) is 0. The van der Waals surface area contributed by atoms with E-state index in [1.54, 1.807) is 18.7 Å². The van der Waals surface area contributed by atoms with E-state index in [-0.39, 0.29) is 5.91 Å². The van der Waals surface area contributed by atoms with Gasteiger partial charge in [0.05, 0.1) is 6.07 Å². The molecule has 0 saturated carbocycles. The molecule has 0 spiro atoms. The van der Waals surface area contributed by atoms with E-state index in [9.17, 15) is 4.79 Å². The van der Waals surface area contributed by atoms with Gasteiger partial charge in [-0.05, 0) is 31.4 Å². The Kier molecular flexibility index (Phi) is 2.89. The molecule has 0 atom stereocenters. The van der Waals surface area contributed by atoms with Gasteiger partial charge in [0.2, 0.25) is 5.91 Å². The van der Waals surface area contributed by atoms with E-state index >= 15 is 0 Å². The van der Waals surface area contributed by atoms with Crippen LogP contribution in [0.25, 0.3) is 0 Å². The van der Waals surface area contributed by atoms with Gasteiger partial charge in [0.25, 0.3) is 0 Å². The normalized spacial score (nSPS) is 15.0. The number of hydrogen-bond donors (Lipinski definition) is 0. The second-order valence-corrected chi connectivity index (χ2v) is 4.98. The molecule has 2 rings (SSSR count). The maximum atomic E-state index is 12.2. The van der Waals surface area contributed by atoms with Crippen LogP contribution in [-0.4, -0.2) is 17.4 Å². The van der Waals surface area contributed by atoms with Gasteiger partial charge in [0.1, 0.15) is 5.41 Å². The molecule has 0 radical (unpaired) electrons. The Hall–Kier alpha value is -1.82. The third-order valence-corrected chi connectivity index (χ3v) is 3.23. The summed E-state index contributed by atoms with van der Waals surface area (Å²) < 4.78 is 0. The van der Waals surface area contributed by atoms with Crippen molar-refractivity contribution in [2.45, 2.75) is 26.8 Å². The van der Waals surface area contributed by atoms with E-state index in [2.05, 4.69) is 12.1 Å². The van der Waals surface area contributed by atoms with Gasteiger partial charge >= 0.3 is 0 Å². The summed E-state index contributed by atoms with van der Waals surface area (Å²) in [6, 6.07) is 10.2. The number of fused-ring (bicyclic) bond motifs is 1. The molecule has 3 nitrogen and oxygen atoms in total. The van der Waals surface area contributed by atoms with Crippen LogP contribution in [0.1, 0.15) is 25.0 Å². The number of nitrogens with zero attached hydrogens (tertiary/aromatic N) is 2. The summed E-state index contributed by atoms with van der Waals surface area (Å²) in [5.41, 5.74) is 1.58. The first-order valence-electron chi connectivity index (χ1n) is 5.82. The predicted octanol–water partition coefficient (Wildman–Crippen LogP) is 2.12. The Labute approximate surface area is 102 Å². The topological polar surface area (TPSA) is 44.1 Å². The maximum Gasteiger partial charge on any atom is 0.242 e. The summed E-state index contributed by atoms with van der Waals surface area (Å²) in [5.74, 6) is -0.0745. The Balaban J connectivity index is 2.19. The Morgan fingerprint density at radius 2 is 2.00 bits per heavy atom. The zero-order chi connectivity index (χ0) is 12.5. The van der Waals surface area contributed by atoms with Gasteiger partial charge in [-0.15, -0.1) is 0 Å². The van der Waals surface area contributed by atoms with Crippen molar-refractivity contribution < 1.29 is 4.79 Å². The van der Waals surface area contributed by atoms with Gasteiger partial charge in [-0.25, -0.2) is 0 Å². The smallest absolute Gasteiger partial charge is 0.242 e. The van der Waals surface area contributed by atoms with Crippen molar-refractivity contribution in [3.05, 3.63) is 35.4 Å². The first-order valence-corrected chi connectivity index (χ1v) is 5.82. The summed E-state index contributed by atoms with van der Waals surface area (Å²) >= 11 is 0. The fourth-order valence-electron chi connectivity index (χ4n) is 2.11. The summed E-state index contributed by atoms with van der Waals surface area (Å²) in [4.78, 5) is 13.9. The van der Waals surface area contributed by atoms with Gasteiger partial charge in [0, 0.05) is 13.1 Å². The van der Waals surface area contributed by atoms with Crippen LogP contribution in [0.5, 0.6) is 0 Å². The largest absolute Gasteiger partial charge is 0.337 e. The molecular weight excluding hydrogens is 212 g/mol. The van der Waals surface area contributed by atoms with Crippen LogP contribution in [0.2, 0.25) is 0 Å². The minimum atomic E-state index is -0.924. The van der Waals surface area contributed by atoms with Crippen molar-refractivity contribution in [3.63, 3.8) is 0 Å². The molecule has 1 amide bonds. The van der Waals surface area contributed by atoms with E-state index in [0.29, 0.717) is 13.1 Å². The molecule has 0 aromatic heterocycles. The molecule has 0 unspecified atom stereocenters. The van der Waals surface area contributed by atoms with Gasteiger partial charge in [-0.3, -0.25) is 4.79 Å². The van der Waals surface area contributed by atoms with Gasteiger partial charge < -0.3 is 4.90 Å². The second kappa shape index (κ2) is 4.21. The van der Waals surface area contributed by atoms with Crippen molar-refractivity contribution in [2.24, 2.45) is 5.41 Å². The zero-order valence-electron chi connectivity index (χ0n) is 10.2. The molecule has 0 aliphatic carbocycles. The predicted molar refractivity (Wildman–Crippen MR) is 65.0 cm³/mol. The average molecular weight is 228 g/mol. The molecule has 1 aliphatic rings. The Morgan fingerprint density at radius 3 is 2.65 bits per heavy atom. The Bertz CT molecular complexity index is 485. The average Bonchev–Trinajstić information content (AvgIpc) is 2.37. The highest BCUT2D eigenvalue weighted by molar-refractivity contribution is 5.84. The number of benzene rings is 1. The molecule has 17 heavy (non-hydrogen) atoms. The fourth-order valence-corrected chi connectivity index (χ4v) is 2.11. The minimum Gasteiger partial charge on any atom is -0.337 e. The molecule has 0 bridgehead atoms. The number of nitriles is 1. The van der Waals surface area contributed by atoms with Gasteiger partial charge in [0.15, 0.2) is 0 Å². The van der Waals surface area contributed by atoms with Crippen LogP contribution in [0.4, 0.5) is 0 Å². The van der Waals surface area contributed by atoms with E-state index in [4.69, 9.17) is 5.26 Å². The molecular formula is C14H16N2O. The van der Waals surface area contributed by atoms with Crippen molar-refractivity contribution in [3.8, 4) is 6.07 Å². The fraction of sp³-hybridized carbons (Fsp3) is 0.429. The summed E-state index contributed by atoms with van der Waals surface area (Å²) in [6.45, 7) is 4.69. The monoisotopic (exact) mass is 228 g/mol. The molecule has 1 heterocycles. The van der Waals surface area contributed by atoms with E-state index in [0.717, 1.165) is 6.42 Å². The summed E-state index contributed by atoms with van der Waals surface area (Å²) in [5, 5.41) is 8.99. The number of amides is 1. The molecule has 0 fully saturated rings. The lowest BCUT2D eigenvalue weighted by Crippen LogP contribution is -2.42. The number of hydrogen-bond acceptors (Lipinski definition) is 2. The van der Waals surface area contributed by atoms with E-state index in [1.807, 2.05) is 18.2 Å². The Morgan fingerprint density at radius 1 is 1.35 bits per heavy atom. The molecule has 88 valence electrons. The summed E-state index contributed by atoms with van der Waals surface area (Å²) in [6.07, 6.45) is 0.878. The van der Waals surface area contributed by atoms with Crippen molar-refractivity contribution >= 4 is 5.91 Å². The highest BCUT2D eigenvalue weighted by Gasteiger charge is 2.33. The first-order chi connectivity index (χ1) is 8.04. The molecule has 1 aromatic carbocycles. The lowest BCUT2D eigenvalue weighted by Gasteiger charge is -2.32. The van der Waals surface area contributed by atoms with Crippen LogP contribution < -0.4 is 0 Å². The molecule has 3 heteroatoms. The second-order valence-electron chi connectivity index (χ2n) is 4.98. The SMILES string of the molecule is CC(C)(C#N)C(=O)N1CCc2ccccc2C1. The zero-order valence-corrected chi connectivity index (χ0v) is 10.2. The van der Waals surface area contributed by atoms with E-state index in [1.165, 1.54) is 11.1 Å². The van der Waals surface area contributed by atoms with Crippen molar-refractivity contribution in [2.75, 3.05) is 6.54 Å². The highest BCUT2D eigenvalue weighted by Crippen LogP contribution is 2.24. The highest BCUT2D eigenvalue weighted by atomic mass is 16.2. The van der Waals surface area contributed by atoms with Crippen molar-refractivity contribution in [1.82, 2.24) is 4.90 Å². The van der Waals surface area contributed by atoms with Crippen LogP contribution >= 0.6 is 0 Å². The van der Waals surface area contributed by atoms with Crippen LogP contribution in [-0.2, 0) is 17.8 Å². The quantitative estimate of drug-likeness (QED) is 0.739. The third kappa shape index (κ3) is 2.16. The maximum absolute atomic E-state index is 12.2. The first kappa shape index (κ1) is 11.7. The standard InChI is InChI=1S/C14H16N2O/c1-14(2,10-15)13(17)16-8-7-11-5-3-4-6-12(11)9-16/h3-6H,7-9H2,1-2H3. The number of rotatable bonds is 1. The number of carbonyl (C=O) groups is 1. The number of carbonyl (C=O) groups excluding carboxylic acids is 1. The molecule has 0 saturated heterocycles. The van der Waals surface area contributed by atoms with Crippen LogP contribution in [0.3, 0.4) is 0 Å². The minimum absolute atomic E-state index is 0.0745. The van der Waals surface area contributed by atoms with Crippen LogP contribution in [0.15, 0.2) is 24.3 Å². The lowest BCUT2D eigenvalue weighted by molar-refractivity contribution is -0.138. The molecule has 1 aromatic rings. The van der Waals surface area contributed by atoms with Gasteiger partial charge in [-0.2, -0.15) is 5.26 Å².